The minimum Gasteiger partial charge on any atom is -0.497 e. The van der Waals surface area contributed by atoms with Crippen LogP contribution in [0.1, 0.15) is 5.56 Å². The van der Waals surface area contributed by atoms with Crippen LogP contribution in [0, 0.1) is 0 Å². The molecule has 0 saturated carbocycles. The number of allylic oxidation sites excluding steroid dienone is 2. The fourth-order valence-corrected chi connectivity index (χ4v) is 3.60. The molecule has 1 saturated heterocycles. The third-order valence-corrected chi connectivity index (χ3v) is 4.75. The van der Waals surface area contributed by atoms with Crippen LogP contribution in [-0.4, -0.2) is 54.4 Å². The van der Waals surface area contributed by atoms with Crippen LogP contribution in [0.5, 0.6) is 11.5 Å². The second kappa shape index (κ2) is 7.27. The van der Waals surface area contributed by atoms with E-state index in [-0.39, 0.29) is 0 Å². The Balaban J connectivity index is 1.65. The molecule has 2 aliphatic rings. The number of benzene rings is 1. The van der Waals surface area contributed by atoms with E-state index in [2.05, 4.69) is 54.2 Å². The van der Waals surface area contributed by atoms with Crippen LogP contribution in [-0.2, 0) is 6.42 Å². The molecule has 2 aliphatic heterocycles. The van der Waals surface area contributed by atoms with Gasteiger partial charge in [-0.05, 0) is 36.3 Å². The molecule has 0 radical (unpaired) electrons. The van der Waals surface area contributed by atoms with Gasteiger partial charge in [-0.25, -0.2) is 0 Å². The van der Waals surface area contributed by atoms with Crippen LogP contribution in [0.15, 0.2) is 42.2 Å². The van der Waals surface area contributed by atoms with Crippen molar-refractivity contribution in [2.45, 2.75) is 6.42 Å². The van der Waals surface area contributed by atoms with Crippen molar-refractivity contribution in [1.82, 2.24) is 13.7 Å². The highest BCUT2D eigenvalue weighted by atomic mass is 79.9. The molecule has 2 heterocycles. The number of ether oxygens (including phenoxy) is 2. The van der Waals surface area contributed by atoms with Crippen molar-refractivity contribution in [3.8, 4) is 11.5 Å². The molecule has 0 aromatic heterocycles. The Labute approximate surface area is 146 Å². The summed E-state index contributed by atoms with van der Waals surface area (Å²) in [5.41, 5.74) is 1.17. The fraction of sp³-hybridized carbons (Fsp3) is 0.412. The largest absolute Gasteiger partial charge is 0.497 e. The maximum absolute atomic E-state index is 5.47. The molecule has 23 heavy (non-hydrogen) atoms. The van der Waals surface area contributed by atoms with Gasteiger partial charge in [0, 0.05) is 13.1 Å². The Hall–Kier alpha value is -1.66. The summed E-state index contributed by atoms with van der Waals surface area (Å²) in [4.78, 5) is 4.76. The van der Waals surface area contributed by atoms with E-state index in [1.807, 2.05) is 12.1 Å². The van der Waals surface area contributed by atoms with Gasteiger partial charge in [-0.15, -0.1) is 0 Å². The SMILES string of the molecule is COc1ccc(OC)c(CCN2CN(Br)C3=CC=CCN3C2)c1. The van der Waals surface area contributed by atoms with Gasteiger partial charge in [-0.3, -0.25) is 8.83 Å². The molecule has 1 aromatic carbocycles. The van der Waals surface area contributed by atoms with Gasteiger partial charge in [-0.2, -0.15) is 0 Å². The summed E-state index contributed by atoms with van der Waals surface area (Å²) in [7, 11) is 3.40. The van der Waals surface area contributed by atoms with Crippen molar-refractivity contribution in [2.75, 3.05) is 40.6 Å². The lowest BCUT2D eigenvalue weighted by Gasteiger charge is -2.43. The van der Waals surface area contributed by atoms with E-state index in [1.54, 1.807) is 14.2 Å². The van der Waals surface area contributed by atoms with Crippen LogP contribution in [0.25, 0.3) is 0 Å². The average Bonchev–Trinajstić information content (AvgIpc) is 2.59. The van der Waals surface area contributed by atoms with Gasteiger partial charge in [0.25, 0.3) is 0 Å². The second-order valence-corrected chi connectivity index (χ2v) is 6.50. The van der Waals surface area contributed by atoms with E-state index in [1.165, 1.54) is 11.4 Å². The van der Waals surface area contributed by atoms with Crippen molar-refractivity contribution in [3.05, 3.63) is 47.8 Å². The third kappa shape index (κ3) is 3.64. The highest BCUT2D eigenvalue weighted by Gasteiger charge is 2.25. The molecule has 0 amide bonds. The summed E-state index contributed by atoms with van der Waals surface area (Å²) >= 11 is 3.65. The second-order valence-electron chi connectivity index (χ2n) is 5.64. The van der Waals surface area contributed by atoms with E-state index in [0.29, 0.717) is 0 Å². The molecule has 3 rings (SSSR count). The molecule has 0 bridgehead atoms. The predicted octanol–water partition coefficient (Wildman–Crippen LogP) is 2.80. The van der Waals surface area contributed by atoms with Gasteiger partial charge in [0.05, 0.1) is 43.7 Å². The maximum atomic E-state index is 5.47. The Morgan fingerprint density at radius 2 is 2.04 bits per heavy atom. The highest BCUT2D eigenvalue weighted by molar-refractivity contribution is 9.07. The lowest BCUT2D eigenvalue weighted by molar-refractivity contribution is 0.0735. The number of nitrogens with zero attached hydrogens (tertiary/aromatic N) is 3. The van der Waals surface area contributed by atoms with E-state index in [9.17, 15) is 0 Å². The van der Waals surface area contributed by atoms with E-state index in [4.69, 9.17) is 9.47 Å². The Morgan fingerprint density at radius 3 is 2.83 bits per heavy atom. The van der Waals surface area contributed by atoms with Gasteiger partial charge in [-0.1, -0.05) is 12.2 Å². The fourth-order valence-electron chi connectivity index (χ4n) is 2.94. The van der Waals surface area contributed by atoms with Gasteiger partial charge in [0.2, 0.25) is 0 Å². The molecular weight excluding hydrogens is 358 g/mol. The van der Waals surface area contributed by atoms with Crippen LogP contribution in [0.2, 0.25) is 0 Å². The Kier molecular flexibility index (Phi) is 5.13. The van der Waals surface area contributed by atoms with E-state index < -0.39 is 0 Å². The molecule has 0 atom stereocenters. The third-order valence-electron chi connectivity index (χ3n) is 4.16. The first-order valence-electron chi connectivity index (χ1n) is 7.69. The minimum absolute atomic E-state index is 0.864. The summed E-state index contributed by atoms with van der Waals surface area (Å²) in [6.07, 6.45) is 7.35. The van der Waals surface area contributed by atoms with Crippen LogP contribution >= 0.6 is 16.1 Å². The average molecular weight is 380 g/mol. The zero-order valence-corrected chi connectivity index (χ0v) is 15.1. The first-order valence-corrected chi connectivity index (χ1v) is 8.40. The van der Waals surface area contributed by atoms with Crippen molar-refractivity contribution < 1.29 is 9.47 Å². The van der Waals surface area contributed by atoms with Crippen molar-refractivity contribution in [1.29, 1.82) is 0 Å². The van der Waals surface area contributed by atoms with Gasteiger partial charge < -0.3 is 14.4 Å². The Bertz CT molecular complexity index is 618. The molecule has 124 valence electrons. The van der Waals surface area contributed by atoms with E-state index in [0.717, 1.165) is 44.3 Å². The molecule has 5 nitrogen and oxygen atoms in total. The van der Waals surface area contributed by atoms with Crippen molar-refractivity contribution in [2.24, 2.45) is 0 Å². The standard InChI is InChI=1S/C17H22BrN3O2/c1-22-15-6-7-16(23-2)14(11-15)8-10-19-12-20-9-4-3-5-17(20)21(18)13-19/h3-7,11H,8-10,12-13H2,1-2H3. The molecule has 0 N–H and O–H groups in total. The molecule has 0 unspecified atom stereocenters. The monoisotopic (exact) mass is 379 g/mol. The molecule has 0 aliphatic carbocycles. The predicted molar refractivity (Wildman–Crippen MR) is 94.4 cm³/mol. The summed E-state index contributed by atoms with van der Waals surface area (Å²) in [6, 6.07) is 5.96. The van der Waals surface area contributed by atoms with Crippen LogP contribution in [0.4, 0.5) is 0 Å². The zero-order valence-electron chi connectivity index (χ0n) is 13.5. The lowest BCUT2D eigenvalue weighted by atomic mass is 10.1. The lowest BCUT2D eigenvalue weighted by Crippen LogP contribution is -2.51. The molecule has 1 aromatic rings. The number of rotatable bonds is 5. The molecule has 0 spiro atoms. The van der Waals surface area contributed by atoms with Crippen molar-refractivity contribution in [3.63, 3.8) is 0 Å². The number of halogens is 1. The quantitative estimate of drug-likeness (QED) is 0.733. The van der Waals surface area contributed by atoms with E-state index >= 15 is 0 Å². The summed E-state index contributed by atoms with van der Waals surface area (Å²) in [5.74, 6) is 3.01. The van der Waals surface area contributed by atoms with Gasteiger partial charge >= 0.3 is 0 Å². The molecular formula is C17H22BrN3O2. The van der Waals surface area contributed by atoms with Gasteiger partial charge in [0.15, 0.2) is 0 Å². The summed E-state index contributed by atoms with van der Waals surface area (Å²) < 4.78 is 12.9. The number of hydrogen-bond acceptors (Lipinski definition) is 5. The normalized spacial score (nSPS) is 17.8. The maximum Gasteiger partial charge on any atom is 0.122 e. The smallest absolute Gasteiger partial charge is 0.122 e. The zero-order chi connectivity index (χ0) is 16.2. The number of hydrogen-bond donors (Lipinski definition) is 0. The summed E-state index contributed by atoms with van der Waals surface area (Å²) in [5, 5.41) is 0. The topological polar surface area (TPSA) is 28.2 Å². The Morgan fingerprint density at radius 1 is 1.17 bits per heavy atom. The van der Waals surface area contributed by atoms with Crippen LogP contribution < -0.4 is 9.47 Å². The molecule has 1 fully saturated rings. The molecule has 6 heteroatoms. The first-order chi connectivity index (χ1) is 11.2. The minimum atomic E-state index is 0.864. The van der Waals surface area contributed by atoms with Gasteiger partial charge in [0.1, 0.15) is 17.3 Å². The highest BCUT2D eigenvalue weighted by Crippen LogP contribution is 2.27. The van der Waals surface area contributed by atoms with Crippen LogP contribution in [0.3, 0.4) is 0 Å². The summed E-state index contributed by atoms with van der Waals surface area (Å²) in [6.45, 7) is 3.71. The number of fused-ring (bicyclic) bond motifs is 1. The van der Waals surface area contributed by atoms with Crippen molar-refractivity contribution >= 4 is 16.1 Å². The number of methoxy groups -OCH3 is 2. The first kappa shape index (κ1) is 16.2.